The van der Waals surface area contributed by atoms with Crippen molar-refractivity contribution < 1.29 is 9.53 Å². The van der Waals surface area contributed by atoms with Gasteiger partial charge in [0.05, 0.1) is 18.8 Å². The number of carbonyl (C=O) groups is 1. The van der Waals surface area contributed by atoms with E-state index in [0.717, 1.165) is 42.1 Å². The highest BCUT2D eigenvalue weighted by Crippen LogP contribution is 2.32. The molecule has 28 heavy (non-hydrogen) atoms. The number of benzene rings is 1. The molecule has 0 radical (unpaired) electrons. The predicted octanol–water partition coefficient (Wildman–Crippen LogP) is 4.05. The second-order valence-electron chi connectivity index (χ2n) is 6.93. The van der Waals surface area contributed by atoms with Crippen LogP contribution in [-0.2, 0) is 6.42 Å². The highest BCUT2D eigenvalue weighted by Gasteiger charge is 2.31. The molecule has 1 atom stereocenters. The summed E-state index contributed by atoms with van der Waals surface area (Å²) in [5, 5.41) is 0. The third kappa shape index (κ3) is 3.74. The predicted molar refractivity (Wildman–Crippen MR) is 107 cm³/mol. The van der Waals surface area contributed by atoms with E-state index in [1.165, 1.54) is 0 Å². The monoisotopic (exact) mass is 373 g/mol. The number of carbonyl (C=O) groups excluding carboxylic acids is 1. The Morgan fingerprint density at radius 3 is 2.75 bits per heavy atom. The molecule has 2 aromatic heterocycles. The Labute approximate surface area is 165 Å². The average Bonchev–Trinajstić information content (AvgIpc) is 3.24. The molecule has 0 spiro atoms. The van der Waals surface area contributed by atoms with Gasteiger partial charge in [0.2, 0.25) is 0 Å². The molecule has 0 unspecified atom stereocenters. The SMILES string of the molecule is COc1ccccc1Cc1cccc([C@@H]2CCCN2C(=O)c2ccncc2)n1. The van der Waals surface area contributed by atoms with Crippen LogP contribution in [0.4, 0.5) is 0 Å². The van der Waals surface area contributed by atoms with Gasteiger partial charge in [-0.2, -0.15) is 0 Å². The van der Waals surface area contributed by atoms with Crippen LogP contribution in [0.5, 0.6) is 5.75 Å². The van der Waals surface area contributed by atoms with E-state index >= 15 is 0 Å². The first-order valence-electron chi connectivity index (χ1n) is 9.55. The zero-order valence-corrected chi connectivity index (χ0v) is 15.9. The van der Waals surface area contributed by atoms with E-state index in [-0.39, 0.29) is 11.9 Å². The number of hydrogen-bond acceptors (Lipinski definition) is 4. The zero-order valence-electron chi connectivity index (χ0n) is 15.9. The molecule has 0 aliphatic carbocycles. The molecule has 0 bridgehead atoms. The Bertz CT molecular complexity index is 959. The van der Waals surface area contributed by atoms with Gasteiger partial charge in [0.15, 0.2) is 0 Å². The van der Waals surface area contributed by atoms with Crippen LogP contribution in [0, 0.1) is 0 Å². The third-order valence-electron chi connectivity index (χ3n) is 5.17. The molecule has 3 heterocycles. The first-order chi connectivity index (χ1) is 13.8. The van der Waals surface area contributed by atoms with Crippen molar-refractivity contribution in [1.82, 2.24) is 14.9 Å². The fourth-order valence-electron chi connectivity index (χ4n) is 3.80. The molecule has 1 aliphatic rings. The van der Waals surface area contributed by atoms with Crippen LogP contribution in [0.3, 0.4) is 0 Å². The van der Waals surface area contributed by atoms with Gasteiger partial charge in [0.1, 0.15) is 5.75 Å². The maximum Gasteiger partial charge on any atom is 0.254 e. The van der Waals surface area contributed by atoms with Gasteiger partial charge in [-0.05, 0) is 43.2 Å². The zero-order chi connectivity index (χ0) is 19.3. The molecule has 0 N–H and O–H groups in total. The van der Waals surface area contributed by atoms with Crippen molar-refractivity contribution in [2.75, 3.05) is 13.7 Å². The lowest BCUT2D eigenvalue weighted by atomic mass is 10.1. The average molecular weight is 373 g/mol. The van der Waals surface area contributed by atoms with Crippen LogP contribution in [0.2, 0.25) is 0 Å². The van der Waals surface area contributed by atoms with E-state index in [4.69, 9.17) is 9.72 Å². The van der Waals surface area contributed by atoms with Gasteiger partial charge < -0.3 is 9.64 Å². The van der Waals surface area contributed by atoms with Crippen LogP contribution in [0.25, 0.3) is 0 Å². The maximum absolute atomic E-state index is 12.9. The number of ether oxygens (including phenoxy) is 1. The second-order valence-corrected chi connectivity index (χ2v) is 6.93. The van der Waals surface area contributed by atoms with Crippen molar-refractivity contribution in [3.8, 4) is 5.75 Å². The summed E-state index contributed by atoms with van der Waals surface area (Å²) < 4.78 is 5.46. The molecule has 1 saturated heterocycles. The number of rotatable bonds is 5. The summed E-state index contributed by atoms with van der Waals surface area (Å²) in [6, 6.07) is 17.6. The van der Waals surface area contributed by atoms with Gasteiger partial charge in [-0.1, -0.05) is 24.3 Å². The Hall–Kier alpha value is -3.21. The molecule has 1 fully saturated rings. The number of likely N-dealkylation sites (tertiary alicyclic amines) is 1. The fraction of sp³-hybridized carbons (Fsp3) is 0.261. The van der Waals surface area contributed by atoms with Crippen molar-refractivity contribution in [2.24, 2.45) is 0 Å². The summed E-state index contributed by atoms with van der Waals surface area (Å²) >= 11 is 0. The lowest BCUT2D eigenvalue weighted by Crippen LogP contribution is -2.31. The Morgan fingerprint density at radius 1 is 1.11 bits per heavy atom. The molecule has 0 saturated carbocycles. The van der Waals surface area contributed by atoms with Crippen LogP contribution >= 0.6 is 0 Å². The summed E-state index contributed by atoms with van der Waals surface area (Å²) in [6.45, 7) is 0.754. The molecule has 1 amide bonds. The van der Waals surface area contributed by atoms with Crippen LogP contribution in [0.15, 0.2) is 67.0 Å². The van der Waals surface area contributed by atoms with Crippen molar-refractivity contribution >= 4 is 5.91 Å². The summed E-state index contributed by atoms with van der Waals surface area (Å²) in [4.78, 5) is 23.8. The highest BCUT2D eigenvalue weighted by atomic mass is 16.5. The van der Waals surface area contributed by atoms with Crippen molar-refractivity contribution in [2.45, 2.75) is 25.3 Å². The smallest absolute Gasteiger partial charge is 0.254 e. The lowest BCUT2D eigenvalue weighted by molar-refractivity contribution is 0.0732. The van der Waals surface area contributed by atoms with Crippen molar-refractivity contribution in [3.63, 3.8) is 0 Å². The minimum atomic E-state index is 0.0123. The number of hydrogen-bond donors (Lipinski definition) is 0. The van der Waals surface area contributed by atoms with Crippen LogP contribution in [0.1, 0.15) is 46.2 Å². The van der Waals surface area contributed by atoms with E-state index in [1.54, 1.807) is 31.6 Å². The number of pyridine rings is 2. The summed E-state index contributed by atoms with van der Waals surface area (Å²) in [5.74, 6) is 0.909. The van der Waals surface area contributed by atoms with E-state index in [1.807, 2.05) is 41.3 Å². The van der Waals surface area contributed by atoms with E-state index < -0.39 is 0 Å². The normalized spacial score (nSPS) is 16.2. The summed E-state index contributed by atoms with van der Waals surface area (Å²) in [7, 11) is 1.68. The topological polar surface area (TPSA) is 55.3 Å². The van der Waals surface area contributed by atoms with E-state index in [0.29, 0.717) is 12.0 Å². The Kier molecular flexibility index (Phi) is 5.33. The lowest BCUT2D eigenvalue weighted by Gasteiger charge is -2.24. The first-order valence-corrected chi connectivity index (χ1v) is 9.55. The third-order valence-corrected chi connectivity index (χ3v) is 5.17. The molecule has 5 nitrogen and oxygen atoms in total. The van der Waals surface area contributed by atoms with E-state index in [2.05, 4.69) is 11.1 Å². The molecule has 1 aromatic carbocycles. The molecular formula is C23H23N3O2. The van der Waals surface area contributed by atoms with Crippen LogP contribution < -0.4 is 4.74 Å². The second kappa shape index (κ2) is 8.21. The quantitative estimate of drug-likeness (QED) is 0.677. The van der Waals surface area contributed by atoms with Gasteiger partial charge in [0.25, 0.3) is 5.91 Å². The Balaban J connectivity index is 1.57. The molecule has 142 valence electrons. The number of aromatic nitrogens is 2. The first kappa shape index (κ1) is 18.2. The van der Waals surface area contributed by atoms with Crippen molar-refractivity contribution in [1.29, 1.82) is 0 Å². The largest absolute Gasteiger partial charge is 0.496 e. The highest BCUT2D eigenvalue weighted by molar-refractivity contribution is 5.94. The molecule has 5 heteroatoms. The molecule has 1 aliphatic heterocycles. The molecule has 3 aromatic rings. The van der Waals surface area contributed by atoms with Gasteiger partial charge in [0, 0.05) is 42.2 Å². The maximum atomic E-state index is 12.9. The molecular weight excluding hydrogens is 350 g/mol. The van der Waals surface area contributed by atoms with Gasteiger partial charge in [-0.3, -0.25) is 14.8 Å². The minimum absolute atomic E-state index is 0.0123. The van der Waals surface area contributed by atoms with E-state index in [9.17, 15) is 4.79 Å². The molecule has 4 rings (SSSR count). The standard InChI is InChI=1S/C23H23N3O2/c1-28-22-10-3-2-6-18(22)16-19-7-4-8-20(25-19)21-9-5-15-26(21)23(27)17-11-13-24-14-12-17/h2-4,6-8,10-14,21H,5,9,15-16H2,1H3/t21-/m0/s1. The number of para-hydroxylation sites is 1. The van der Waals surface area contributed by atoms with Crippen LogP contribution in [-0.4, -0.2) is 34.4 Å². The van der Waals surface area contributed by atoms with Gasteiger partial charge in [-0.25, -0.2) is 0 Å². The van der Waals surface area contributed by atoms with Crippen molar-refractivity contribution in [3.05, 3.63) is 89.5 Å². The minimum Gasteiger partial charge on any atom is -0.496 e. The number of methoxy groups -OCH3 is 1. The number of amides is 1. The fourth-order valence-corrected chi connectivity index (χ4v) is 3.80. The summed E-state index contributed by atoms with van der Waals surface area (Å²) in [5.41, 5.74) is 3.70. The Morgan fingerprint density at radius 2 is 1.93 bits per heavy atom. The summed E-state index contributed by atoms with van der Waals surface area (Å²) in [6.07, 6.45) is 5.93. The van der Waals surface area contributed by atoms with Gasteiger partial charge >= 0.3 is 0 Å². The van der Waals surface area contributed by atoms with Gasteiger partial charge in [-0.15, -0.1) is 0 Å². The number of nitrogens with zero attached hydrogens (tertiary/aromatic N) is 3.